The average Bonchev–Trinajstić information content (AvgIpc) is 3.63. The van der Waals surface area contributed by atoms with Gasteiger partial charge < -0.3 is 5.32 Å². The number of H-pyrrole nitrogens is 1. The minimum absolute atomic E-state index is 0.0729. The molecule has 0 bridgehead atoms. The van der Waals surface area contributed by atoms with Crippen molar-refractivity contribution in [3.63, 3.8) is 0 Å². The topological polar surface area (TPSA) is 100 Å². The maximum Gasteiger partial charge on any atom is 0.330 e. The molecule has 1 aliphatic heterocycles. The fraction of sp³-hybridized carbons (Fsp3) is 0.462. The number of aromatic amines is 1. The van der Waals surface area contributed by atoms with Crippen molar-refractivity contribution in [1.82, 2.24) is 24.8 Å². The van der Waals surface area contributed by atoms with Crippen molar-refractivity contribution in [1.29, 1.82) is 0 Å². The van der Waals surface area contributed by atoms with Crippen LogP contribution in [0.25, 0.3) is 11.0 Å². The van der Waals surface area contributed by atoms with Crippen LogP contribution in [-0.4, -0.2) is 38.4 Å². The minimum atomic E-state index is -0.521. The van der Waals surface area contributed by atoms with E-state index in [4.69, 9.17) is 0 Å². The summed E-state index contributed by atoms with van der Waals surface area (Å²) in [6, 6.07) is 9.93. The van der Waals surface area contributed by atoms with Gasteiger partial charge in [-0.2, -0.15) is 0 Å². The zero-order chi connectivity index (χ0) is 23.8. The lowest BCUT2D eigenvalue weighted by molar-refractivity contribution is 0.0950. The summed E-state index contributed by atoms with van der Waals surface area (Å²) in [6.45, 7) is 8.25. The Morgan fingerprint density at radius 1 is 1.09 bits per heavy atom. The predicted molar refractivity (Wildman–Crippen MR) is 131 cm³/mol. The number of carbonyl (C=O) groups excluding carboxylic acids is 1. The third-order valence-corrected chi connectivity index (χ3v) is 6.78. The van der Waals surface area contributed by atoms with E-state index in [0.717, 1.165) is 49.9 Å². The van der Waals surface area contributed by atoms with Crippen LogP contribution in [0.2, 0.25) is 0 Å². The van der Waals surface area contributed by atoms with Gasteiger partial charge in [0.1, 0.15) is 5.65 Å². The van der Waals surface area contributed by atoms with E-state index in [-0.39, 0.29) is 17.3 Å². The number of likely N-dealkylation sites (tertiary alicyclic amines) is 1. The number of hydrogen-bond donors (Lipinski definition) is 2. The van der Waals surface area contributed by atoms with Crippen LogP contribution >= 0.6 is 0 Å². The molecule has 2 aliphatic rings. The van der Waals surface area contributed by atoms with E-state index in [9.17, 15) is 14.4 Å². The van der Waals surface area contributed by atoms with Gasteiger partial charge in [0.15, 0.2) is 0 Å². The molecule has 2 atom stereocenters. The molecule has 2 N–H and O–H groups in total. The summed E-state index contributed by atoms with van der Waals surface area (Å²) in [5.74, 6) is 1.16. The molecular weight excluding hydrogens is 430 g/mol. The highest BCUT2D eigenvalue weighted by Gasteiger charge is 2.28. The summed E-state index contributed by atoms with van der Waals surface area (Å²) in [6.07, 6.45) is 4.51. The highest BCUT2D eigenvalue weighted by Crippen LogP contribution is 2.34. The lowest BCUT2D eigenvalue weighted by atomic mass is 9.91. The van der Waals surface area contributed by atoms with Crippen LogP contribution < -0.4 is 16.6 Å². The second-order valence-corrected chi connectivity index (χ2v) is 10.1. The van der Waals surface area contributed by atoms with Crippen LogP contribution in [0.5, 0.6) is 0 Å². The number of carbonyl (C=O) groups is 1. The molecule has 1 amide bonds. The minimum Gasteiger partial charge on any atom is -0.348 e. The first-order valence-electron chi connectivity index (χ1n) is 12.1. The number of aromatic nitrogens is 3. The number of amides is 1. The number of rotatable bonds is 6. The Bertz CT molecular complexity index is 1310. The first-order valence-corrected chi connectivity index (χ1v) is 12.1. The molecular formula is C26H31N5O3. The van der Waals surface area contributed by atoms with Crippen LogP contribution in [0.3, 0.4) is 0 Å². The molecule has 3 heterocycles. The SMILES string of the molecule is CC1CC(C)CN(Cc2ccc(CNC(=O)c3cnc4c(c3)c(=O)[nH]c(=O)n4C3CC3)cc2)C1. The highest BCUT2D eigenvalue weighted by molar-refractivity contribution is 5.96. The molecule has 2 fully saturated rings. The monoisotopic (exact) mass is 461 g/mol. The van der Waals surface area contributed by atoms with Gasteiger partial charge in [-0.1, -0.05) is 38.1 Å². The molecule has 34 heavy (non-hydrogen) atoms. The lowest BCUT2D eigenvalue weighted by Crippen LogP contribution is -2.38. The second-order valence-electron chi connectivity index (χ2n) is 10.1. The summed E-state index contributed by atoms with van der Waals surface area (Å²) in [5, 5.41) is 3.16. The van der Waals surface area contributed by atoms with E-state index in [0.29, 0.717) is 17.8 Å². The largest absolute Gasteiger partial charge is 0.348 e. The van der Waals surface area contributed by atoms with Crippen molar-refractivity contribution < 1.29 is 4.79 Å². The average molecular weight is 462 g/mol. The van der Waals surface area contributed by atoms with Crippen LogP contribution in [0.15, 0.2) is 46.1 Å². The van der Waals surface area contributed by atoms with Crippen molar-refractivity contribution >= 4 is 16.9 Å². The molecule has 0 radical (unpaired) electrons. The summed E-state index contributed by atoms with van der Waals surface area (Å²) >= 11 is 0. The molecule has 5 rings (SSSR count). The van der Waals surface area contributed by atoms with Gasteiger partial charge in [-0.3, -0.25) is 24.0 Å². The zero-order valence-electron chi connectivity index (χ0n) is 19.7. The van der Waals surface area contributed by atoms with E-state index in [1.54, 1.807) is 0 Å². The van der Waals surface area contributed by atoms with Crippen LogP contribution in [-0.2, 0) is 13.1 Å². The molecule has 178 valence electrons. The maximum atomic E-state index is 12.7. The third-order valence-electron chi connectivity index (χ3n) is 6.78. The Labute approximate surface area is 198 Å². The molecule has 1 aliphatic carbocycles. The molecule has 2 unspecified atom stereocenters. The van der Waals surface area contributed by atoms with Crippen LogP contribution in [0.1, 0.15) is 60.6 Å². The van der Waals surface area contributed by atoms with Gasteiger partial charge in [-0.15, -0.1) is 0 Å². The third kappa shape index (κ3) is 4.82. The Hall–Kier alpha value is -3.26. The van der Waals surface area contributed by atoms with Gasteiger partial charge in [-0.25, -0.2) is 9.78 Å². The lowest BCUT2D eigenvalue weighted by Gasteiger charge is -2.35. The number of pyridine rings is 1. The van der Waals surface area contributed by atoms with Gasteiger partial charge in [0, 0.05) is 38.4 Å². The molecule has 0 spiro atoms. The van der Waals surface area contributed by atoms with E-state index >= 15 is 0 Å². The van der Waals surface area contributed by atoms with Crippen molar-refractivity contribution in [2.45, 2.75) is 52.2 Å². The van der Waals surface area contributed by atoms with Gasteiger partial charge >= 0.3 is 5.69 Å². The molecule has 1 aromatic carbocycles. The fourth-order valence-electron chi connectivity index (χ4n) is 5.16. The van der Waals surface area contributed by atoms with Crippen molar-refractivity contribution in [3.8, 4) is 0 Å². The predicted octanol–water partition coefficient (Wildman–Crippen LogP) is 2.83. The quantitative estimate of drug-likeness (QED) is 0.588. The van der Waals surface area contributed by atoms with Gasteiger partial charge in [-0.05, 0) is 48.3 Å². The van der Waals surface area contributed by atoms with E-state index in [2.05, 4.69) is 46.2 Å². The van der Waals surface area contributed by atoms with Crippen molar-refractivity contribution in [2.75, 3.05) is 13.1 Å². The van der Waals surface area contributed by atoms with Gasteiger partial charge in [0.05, 0.1) is 10.9 Å². The standard InChI is InChI=1S/C26H31N5O3/c1-16-9-17(2)14-30(13-16)15-19-5-3-18(4-6-19)11-28-24(32)20-10-22-23(27-12-20)31(21-7-8-21)26(34)29-25(22)33/h3-6,10,12,16-17,21H,7-9,11,13-15H2,1-2H3,(H,28,32)(H,29,33,34). The van der Waals surface area contributed by atoms with E-state index in [1.807, 2.05) is 12.1 Å². The highest BCUT2D eigenvalue weighted by atomic mass is 16.2. The Morgan fingerprint density at radius 2 is 1.76 bits per heavy atom. The normalized spacial score (nSPS) is 21.0. The van der Waals surface area contributed by atoms with Gasteiger partial charge in [0.25, 0.3) is 11.5 Å². The van der Waals surface area contributed by atoms with Crippen LogP contribution in [0.4, 0.5) is 0 Å². The summed E-state index contributed by atoms with van der Waals surface area (Å²) in [4.78, 5) is 46.4. The van der Waals surface area contributed by atoms with E-state index in [1.165, 1.54) is 28.8 Å². The number of fused-ring (bicyclic) bond motifs is 1. The number of piperidine rings is 1. The van der Waals surface area contributed by atoms with Crippen molar-refractivity contribution in [3.05, 3.63) is 74.1 Å². The summed E-state index contributed by atoms with van der Waals surface area (Å²) < 4.78 is 1.52. The molecule has 8 nitrogen and oxygen atoms in total. The number of hydrogen-bond acceptors (Lipinski definition) is 5. The second kappa shape index (κ2) is 9.18. The Morgan fingerprint density at radius 3 is 2.44 bits per heavy atom. The first kappa shape index (κ1) is 22.5. The maximum absolute atomic E-state index is 12.7. The van der Waals surface area contributed by atoms with Crippen molar-refractivity contribution in [2.24, 2.45) is 11.8 Å². The van der Waals surface area contributed by atoms with Gasteiger partial charge in [0.2, 0.25) is 0 Å². The van der Waals surface area contributed by atoms with Crippen LogP contribution in [0, 0.1) is 11.8 Å². The molecule has 1 saturated heterocycles. The summed E-state index contributed by atoms with van der Waals surface area (Å²) in [5.41, 5.74) is 1.94. The number of nitrogens with one attached hydrogen (secondary N) is 2. The molecule has 3 aromatic rings. The first-order chi connectivity index (χ1) is 16.4. The fourth-order valence-corrected chi connectivity index (χ4v) is 5.16. The number of nitrogens with zero attached hydrogens (tertiary/aromatic N) is 3. The Kier molecular flexibility index (Phi) is 6.08. The molecule has 2 aromatic heterocycles. The smallest absolute Gasteiger partial charge is 0.330 e. The van der Waals surface area contributed by atoms with E-state index < -0.39 is 11.2 Å². The number of benzene rings is 1. The molecule has 1 saturated carbocycles. The molecule has 8 heteroatoms. The zero-order valence-corrected chi connectivity index (χ0v) is 19.7. The summed E-state index contributed by atoms with van der Waals surface area (Å²) in [7, 11) is 0. The Balaban J connectivity index is 1.23.